The van der Waals surface area contributed by atoms with Crippen LogP contribution in [0.3, 0.4) is 0 Å². The summed E-state index contributed by atoms with van der Waals surface area (Å²) < 4.78 is 12.3. The molecular weight excluding hydrogens is 374 g/mol. The molecule has 0 aliphatic rings. The van der Waals surface area contributed by atoms with E-state index >= 15 is 0 Å². The number of aryl methyl sites for hydroxylation is 2. The van der Waals surface area contributed by atoms with E-state index in [1.165, 1.54) is 5.56 Å². The minimum atomic E-state index is -0.666. The maximum absolute atomic E-state index is 10.8. The number of rotatable bonds is 8. The Morgan fingerprint density at radius 2 is 1.20 bits per heavy atom. The molecule has 0 aliphatic carbocycles. The Morgan fingerprint density at radius 3 is 1.70 bits per heavy atom. The first kappa shape index (κ1) is 21.9. The molecule has 0 radical (unpaired) electrons. The van der Waals surface area contributed by atoms with E-state index < -0.39 is 6.10 Å². The van der Waals surface area contributed by atoms with Crippen molar-refractivity contribution in [1.29, 1.82) is 0 Å². The van der Waals surface area contributed by atoms with Gasteiger partial charge in [0.15, 0.2) is 11.5 Å². The van der Waals surface area contributed by atoms with Gasteiger partial charge in [-0.3, -0.25) is 0 Å². The lowest BCUT2D eigenvalue weighted by molar-refractivity contribution is 0.131. The second-order valence-corrected chi connectivity index (χ2v) is 8.09. The fourth-order valence-electron chi connectivity index (χ4n) is 3.24. The van der Waals surface area contributed by atoms with E-state index in [4.69, 9.17) is 9.47 Å². The van der Waals surface area contributed by atoms with Crippen LogP contribution in [0.2, 0.25) is 0 Å². The summed E-state index contributed by atoms with van der Waals surface area (Å²) in [5.41, 5.74) is 3.11. The highest BCUT2D eigenvalue weighted by Crippen LogP contribution is 2.37. The van der Waals surface area contributed by atoms with E-state index in [-0.39, 0.29) is 12.1 Å². The third-order valence-corrected chi connectivity index (χ3v) is 4.88. The van der Waals surface area contributed by atoms with Crippen molar-refractivity contribution in [3.8, 4) is 23.0 Å². The van der Waals surface area contributed by atoms with Crippen molar-refractivity contribution < 1.29 is 14.6 Å². The van der Waals surface area contributed by atoms with Crippen LogP contribution < -0.4 is 14.8 Å². The molecule has 30 heavy (non-hydrogen) atoms. The summed E-state index contributed by atoms with van der Waals surface area (Å²) in [6.45, 7) is 10.2. The maximum atomic E-state index is 10.8. The molecular formula is C26H31NO3. The van der Waals surface area contributed by atoms with E-state index in [0.29, 0.717) is 17.2 Å². The molecule has 2 atom stereocenters. The molecule has 2 unspecified atom stereocenters. The van der Waals surface area contributed by atoms with Gasteiger partial charge in [-0.25, -0.2) is 0 Å². The Kier molecular flexibility index (Phi) is 7.14. The van der Waals surface area contributed by atoms with Crippen LogP contribution in [0.1, 0.15) is 43.6 Å². The van der Waals surface area contributed by atoms with Gasteiger partial charge in [-0.05, 0) is 62.7 Å². The van der Waals surface area contributed by atoms with Crippen LogP contribution in [0.5, 0.6) is 23.0 Å². The highest BCUT2D eigenvalue weighted by Gasteiger charge is 2.19. The standard InChI is InChI=1S/C26H31NO3/c1-17(2)27-20(5)26(28)21-10-15-24(29-22-11-6-18(3)7-12-22)25(16-21)30-23-13-8-19(4)9-14-23/h6-17,20,26-28H,1-5H3. The number of hydrogen-bond acceptors (Lipinski definition) is 4. The Hall–Kier alpha value is -2.82. The molecule has 0 amide bonds. The van der Waals surface area contributed by atoms with E-state index in [1.807, 2.05) is 87.5 Å². The van der Waals surface area contributed by atoms with Crippen molar-refractivity contribution in [2.24, 2.45) is 0 Å². The highest BCUT2D eigenvalue weighted by molar-refractivity contribution is 5.48. The molecule has 0 aliphatic heterocycles. The predicted octanol–water partition coefficient (Wildman–Crippen LogP) is 6.31. The zero-order chi connectivity index (χ0) is 21.7. The van der Waals surface area contributed by atoms with Crippen LogP contribution in [-0.4, -0.2) is 17.2 Å². The first-order chi connectivity index (χ1) is 14.3. The Morgan fingerprint density at radius 1 is 0.700 bits per heavy atom. The lowest BCUT2D eigenvalue weighted by Gasteiger charge is -2.24. The largest absolute Gasteiger partial charge is 0.453 e. The van der Waals surface area contributed by atoms with Gasteiger partial charge in [0.05, 0.1) is 6.10 Å². The average molecular weight is 406 g/mol. The van der Waals surface area contributed by atoms with Gasteiger partial charge in [0, 0.05) is 12.1 Å². The summed E-state index contributed by atoms with van der Waals surface area (Å²) in [6.07, 6.45) is -0.666. The molecule has 3 rings (SSSR count). The molecule has 0 heterocycles. The van der Waals surface area contributed by atoms with Crippen LogP contribution in [0.25, 0.3) is 0 Å². The summed E-state index contributed by atoms with van der Waals surface area (Å²) >= 11 is 0. The number of benzene rings is 3. The lowest BCUT2D eigenvalue weighted by atomic mass is 10.0. The molecule has 0 spiro atoms. The SMILES string of the molecule is Cc1ccc(Oc2ccc(C(O)C(C)NC(C)C)cc2Oc2ccc(C)cc2)cc1. The summed E-state index contributed by atoms with van der Waals surface area (Å²) in [7, 11) is 0. The molecule has 4 heteroatoms. The Balaban J connectivity index is 1.92. The van der Waals surface area contributed by atoms with Crippen molar-refractivity contribution in [2.75, 3.05) is 0 Å². The minimum Gasteiger partial charge on any atom is -0.453 e. The number of hydrogen-bond donors (Lipinski definition) is 2. The molecule has 158 valence electrons. The Labute approximate surface area is 179 Å². The molecule has 2 N–H and O–H groups in total. The average Bonchev–Trinajstić information content (AvgIpc) is 2.71. The van der Waals surface area contributed by atoms with Crippen LogP contribution in [-0.2, 0) is 0 Å². The normalized spacial score (nSPS) is 13.2. The zero-order valence-electron chi connectivity index (χ0n) is 18.3. The second kappa shape index (κ2) is 9.79. The predicted molar refractivity (Wildman–Crippen MR) is 122 cm³/mol. The molecule has 0 bridgehead atoms. The van der Waals surface area contributed by atoms with Crippen LogP contribution in [0.4, 0.5) is 0 Å². The topological polar surface area (TPSA) is 50.7 Å². The van der Waals surface area contributed by atoms with E-state index in [0.717, 1.165) is 16.9 Å². The monoisotopic (exact) mass is 405 g/mol. The third-order valence-electron chi connectivity index (χ3n) is 4.88. The lowest BCUT2D eigenvalue weighted by Crippen LogP contribution is -2.36. The number of aliphatic hydroxyl groups excluding tert-OH is 1. The highest BCUT2D eigenvalue weighted by atomic mass is 16.5. The smallest absolute Gasteiger partial charge is 0.170 e. The van der Waals surface area contributed by atoms with Gasteiger partial charge in [-0.1, -0.05) is 55.3 Å². The van der Waals surface area contributed by atoms with E-state index in [2.05, 4.69) is 19.2 Å². The first-order valence-electron chi connectivity index (χ1n) is 10.4. The molecule has 0 aromatic heterocycles. The van der Waals surface area contributed by atoms with E-state index in [9.17, 15) is 5.11 Å². The van der Waals surface area contributed by atoms with Crippen molar-refractivity contribution in [2.45, 2.75) is 52.8 Å². The first-order valence-corrected chi connectivity index (χ1v) is 10.4. The molecule has 0 saturated carbocycles. The summed E-state index contributed by atoms with van der Waals surface area (Å²) in [6, 6.07) is 21.5. The van der Waals surface area contributed by atoms with Gasteiger partial charge in [0.25, 0.3) is 0 Å². The Bertz CT molecular complexity index is 949. The van der Waals surface area contributed by atoms with Gasteiger partial charge in [-0.2, -0.15) is 0 Å². The number of aliphatic hydroxyl groups is 1. The summed E-state index contributed by atoms with van der Waals surface area (Å²) in [5.74, 6) is 2.61. The van der Waals surface area contributed by atoms with Gasteiger partial charge >= 0.3 is 0 Å². The molecule has 3 aromatic rings. The van der Waals surface area contributed by atoms with E-state index in [1.54, 1.807) is 0 Å². The molecule has 0 saturated heterocycles. The number of nitrogens with one attached hydrogen (secondary N) is 1. The molecule has 3 aromatic carbocycles. The zero-order valence-corrected chi connectivity index (χ0v) is 18.3. The fourth-order valence-corrected chi connectivity index (χ4v) is 3.24. The van der Waals surface area contributed by atoms with Crippen molar-refractivity contribution in [3.05, 3.63) is 83.4 Å². The van der Waals surface area contributed by atoms with Crippen LogP contribution in [0, 0.1) is 13.8 Å². The minimum absolute atomic E-state index is 0.0962. The van der Waals surface area contributed by atoms with Crippen LogP contribution in [0.15, 0.2) is 66.7 Å². The van der Waals surface area contributed by atoms with Gasteiger partial charge in [0.1, 0.15) is 11.5 Å². The van der Waals surface area contributed by atoms with Gasteiger partial charge < -0.3 is 19.9 Å². The summed E-state index contributed by atoms with van der Waals surface area (Å²) in [4.78, 5) is 0. The van der Waals surface area contributed by atoms with Crippen molar-refractivity contribution in [1.82, 2.24) is 5.32 Å². The quantitative estimate of drug-likeness (QED) is 0.461. The fraction of sp³-hybridized carbons (Fsp3) is 0.308. The van der Waals surface area contributed by atoms with Crippen molar-refractivity contribution in [3.63, 3.8) is 0 Å². The molecule has 0 fully saturated rings. The molecule has 4 nitrogen and oxygen atoms in total. The van der Waals surface area contributed by atoms with Crippen LogP contribution >= 0.6 is 0 Å². The number of ether oxygens (including phenoxy) is 2. The third kappa shape index (κ3) is 5.85. The van der Waals surface area contributed by atoms with Gasteiger partial charge in [0.2, 0.25) is 0 Å². The summed E-state index contributed by atoms with van der Waals surface area (Å²) in [5, 5.41) is 14.2. The maximum Gasteiger partial charge on any atom is 0.170 e. The second-order valence-electron chi connectivity index (χ2n) is 8.09. The van der Waals surface area contributed by atoms with Crippen molar-refractivity contribution >= 4 is 0 Å². The van der Waals surface area contributed by atoms with Gasteiger partial charge in [-0.15, -0.1) is 0 Å².